The van der Waals surface area contributed by atoms with Crippen molar-refractivity contribution in [2.45, 2.75) is 6.92 Å². The molecule has 1 rings (SSSR count). The number of hydrogen-bond acceptors (Lipinski definition) is 3. The van der Waals surface area contributed by atoms with E-state index < -0.39 is 11.9 Å². The third kappa shape index (κ3) is 5.99. The fraction of sp³-hybridized carbons (Fsp3) is 0.167. The molecule has 0 atom stereocenters. The molecule has 0 aliphatic carbocycles. The van der Waals surface area contributed by atoms with Crippen molar-refractivity contribution in [2.24, 2.45) is 0 Å². The second-order valence-electron chi connectivity index (χ2n) is 2.81. The van der Waals surface area contributed by atoms with Crippen LogP contribution < -0.4 is 0 Å². The molecule has 0 aliphatic rings. The monoisotopic (exact) mass is 238 g/mol. The fourth-order valence-corrected chi connectivity index (χ4v) is 0.903. The average molecular weight is 238 g/mol. The Kier molecular flexibility index (Phi) is 6.85. The molecule has 1 aromatic rings. The number of ether oxygens (including phenoxy) is 1. The Balaban J connectivity index is 0.000000437. The number of rotatable bonds is 4. The second-order valence-corrected chi connectivity index (χ2v) is 2.81. The molecular weight excluding hydrogens is 224 g/mol. The van der Waals surface area contributed by atoms with Gasteiger partial charge in [-0.1, -0.05) is 12.6 Å². The highest BCUT2D eigenvalue weighted by molar-refractivity contribution is 5.93. The Morgan fingerprint density at radius 1 is 1.29 bits per heavy atom. The van der Waals surface area contributed by atoms with Crippen LogP contribution in [-0.4, -0.2) is 28.8 Å². The summed E-state index contributed by atoms with van der Waals surface area (Å²) in [6.45, 7) is 5.97. The van der Waals surface area contributed by atoms with Crippen LogP contribution in [0.25, 0.3) is 0 Å². The van der Waals surface area contributed by atoms with Gasteiger partial charge in [0, 0.05) is 0 Å². The van der Waals surface area contributed by atoms with Crippen molar-refractivity contribution >= 4 is 11.9 Å². The zero-order chi connectivity index (χ0) is 13.3. The van der Waals surface area contributed by atoms with Gasteiger partial charge in [-0.05, 0) is 25.1 Å². The zero-order valence-corrected chi connectivity index (χ0v) is 9.42. The van der Waals surface area contributed by atoms with E-state index in [1.54, 1.807) is 0 Å². The van der Waals surface area contributed by atoms with Crippen LogP contribution >= 0.6 is 0 Å². The molecule has 0 fully saturated rings. The van der Waals surface area contributed by atoms with Crippen LogP contribution in [0.4, 0.5) is 0 Å². The van der Waals surface area contributed by atoms with Crippen molar-refractivity contribution < 1.29 is 24.5 Å². The predicted molar refractivity (Wildman–Crippen MR) is 62.2 cm³/mol. The lowest BCUT2D eigenvalue weighted by atomic mass is 10.1. The molecule has 0 bridgehead atoms. The first-order chi connectivity index (χ1) is 8.02. The number of carbonyl (C=O) groups is 2. The number of benzene rings is 1. The third-order valence-electron chi connectivity index (χ3n) is 1.64. The lowest BCUT2D eigenvalue weighted by molar-refractivity contribution is 0.0696. The van der Waals surface area contributed by atoms with Gasteiger partial charge in [-0.3, -0.25) is 0 Å². The van der Waals surface area contributed by atoms with Crippen molar-refractivity contribution in [3.63, 3.8) is 0 Å². The van der Waals surface area contributed by atoms with E-state index >= 15 is 0 Å². The molecule has 0 amide bonds. The summed E-state index contributed by atoms with van der Waals surface area (Å²) in [6.07, 6.45) is 1.43. The summed E-state index contributed by atoms with van der Waals surface area (Å²) in [6, 6.07) is 5.20. The summed E-state index contributed by atoms with van der Waals surface area (Å²) in [4.78, 5) is 20.8. The molecule has 0 heterocycles. The van der Waals surface area contributed by atoms with Crippen molar-refractivity contribution in [1.82, 2.24) is 0 Å². The molecule has 0 aliphatic heterocycles. The first-order valence-electron chi connectivity index (χ1n) is 4.82. The van der Waals surface area contributed by atoms with Crippen molar-refractivity contribution in [1.29, 1.82) is 0 Å². The van der Waals surface area contributed by atoms with E-state index in [9.17, 15) is 9.59 Å². The molecule has 0 radical (unpaired) electrons. The highest BCUT2D eigenvalue weighted by atomic mass is 16.5. The lowest BCUT2D eigenvalue weighted by Crippen LogP contribution is -2.01. The van der Waals surface area contributed by atoms with Gasteiger partial charge >= 0.3 is 11.9 Å². The molecule has 0 saturated heterocycles. The summed E-state index contributed by atoms with van der Waals surface area (Å²) < 4.78 is 4.60. The van der Waals surface area contributed by atoms with Crippen LogP contribution in [0, 0.1) is 0 Å². The van der Waals surface area contributed by atoms with Crippen molar-refractivity contribution in [3.8, 4) is 0 Å². The molecule has 17 heavy (non-hydrogen) atoms. The lowest BCUT2D eigenvalue weighted by Gasteiger charge is -1.95. The largest absolute Gasteiger partial charge is 0.502 e. The molecule has 0 saturated carbocycles. The third-order valence-corrected chi connectivity index (χ3v) is 1.64. The van der Waals surface area contributed by atoms with Crippen LogP contribution in [-0.2, 0) is 4.74 Å². The quantitative estimate of drug-likeness (QED) is 0.786. The minimum Gasteiger partial charge on any atom is -0.502 e. The van der Waals surface area contributed by atoms with E-state index in [2.05, 4.69) is 11.3 Å². The first-order valence-corrected chi connectivity index (χ1v) is 4.82. The van der Waals surface area contributed by atoms with Gasteiger partial charge in [-0.25, -0.2) is 9.59 Å². The number of hydrogen-bond donors (Lipinski definition) is 2. The van der Waals surface area contributed by atoms with Gasteiger partial charge in [-0.2, -0.15) is 0 Å². The van der Waals surface area contributed by atoms with E-state index in [1.165, 1.54) is 24.5 Å². The van der Waals surface area contributed by atoms with Gasteiger partial charge in [0.05, 0.1) is 24.0 Å². The normalized spacial score (nSPS) is 8.53. The van der Waals surface area contributed by atoms with Gasteiger partial charge in [0.25, 0.3) is 0 Å². The van der Waals surface area contributed by atoms with E-state index in [1.807, 2.05) is 6.92 Å². The molecule has 0 aromatic heterocycles. The summed E-state index contributed by atoms with van der Waals surface area (Å²) in [7, 11) is 0. The smallest absolute Gasteiger partial charge is 0.335 e. The Hall–Kier alpha value is -2.30. The van der Waals surface area contributed by atoms with E-state index in [4.69, 9.17) is 10.2 Å². The van der Waals surface area contributed by atoms with Crippen LogP contribution in [0.2, 0.25) is 0 Å². The van der Waals surface area contributed by atoms with Gasteiger partial charge < -0.3 is 14.9 Å². The average Bonchev–Trinajstić information content (AvgIpc) is 2.31. The van der Waals surface area contributed by atoms with Crippen LogP contribution in [0.1, 0.15) is 27.6 Å². The summed E-state index contributed by atoms with van der Waals surface area (Å²) >= 11 is 0. The Bertz CT molecular complexity index is 368. The van der Waals surface area contributed by atoms with E-state index in [0.29, 0.717) is 0 Å². The standard InChI is InChI=1S/C8H6O4.C4H8O/c9-7(10)5-2-1-3-6(4-5)8(11)12;1-3-5-4-2/h1-4H,(H,9,10)(H,11,12);3H,1,4H2,2H3. The molecule has 92 valence electrons. The Morgan fingerprint density at radius 3 is 2.00 bits per heavy atom. The maximum atomic E-state index is 10.4. The Labute approximate surface area is 99.0 Å². The van der Waals surface area contributed by atoms with Gasteiger partial charge in [-0.15, -0.1) is 0 Å². The summed E-state index contributed by atoms with van der Waals surface area (Å²) in [5.74, 6) is -2.25. The van der Waals surface area contributed by atoms with E-state index in [0.717, 1.165) is 12.7 Å². The minimum absolute atomic E-state index is 0.0186. The zero-order valence-electron chi connectivity index (χ0n) is 9.42. The summed E-state index contributed by atoms with van der Waals surface area (Å²) in [5, 5.41) is 17.0. The van der Waals surface area contributed by atoms with Crippen LogP contribution in [0.5, 0.6) is 0 Å². The maximum absolute atomic E-state index is 10.4. The molecule has 2 N–H and O–H groups in total. The topological polar surface area (TPSA) is 83.8 Å². The highest BCUT2D eigenvalue weighted by Crippen LogP contribution is 2.04. The van der Waals surface area contributed by atoms with E-state index in [-0.39, 0.29) is 11.1 Å². The molecule has 0 spiro atoms. The van der Waals surface area contributed by atoms with Crippen molar-refractivity contribution in [2.75, 3.05) is 6.61 Å². The molecule has 5 nitrogen and oxygen atoms in total. The number of carboxylic acids is 2. The van der Waals surface area contributed by atoms with Crippen LogP contribution in [0.3, 0.4) is 0 Å². The molecule has 0 unspecified atom stereocenters. The number of carboxylic acid groups (broad SMARTS) is 2. The minimum atomic E-state index is -1.13. The fourth-order valence-electron chi connectivity index (χ4n) is 0.903. The second kappa shape index (κ2) is 7.92. The molecule has 1 aromatic carbocycles. The van der Waals surface area contributed by atoms with Gasteiger partial charge in [0.1, 0.15) is 0 Å². The first kappa shape index (κ1) is 14.7. The SMILES string of the molecule is C=COCC.O=C(O)c1cccc(C(=O)O)c1. The Morgan fingerprint density at radius 2 is 1.76 bits per heavy atom. The predicted octanol–water partition coefficient (Wildman–Crippen LogP) is 2.25. The molecule has 5 heteroatoms. The van der Waals surface area contributed by atoms with Crippen LogP contribution in [0.15, 0.2) is 37.1 Å². The number of aromatic carboxylic acids is 2. The molecular formula is C12H14O5. The highest BCUT2D eigenvalue weighted by Gasteiger charge is 2.06. The summed E-state index contributed by atoms with van der Waals surface area (Å²) in [5.41, 5.74) is -0.0372. The van der Waals surface area contributed by atoms with Crippen molar-refractivity contribution in [3.05, 3.63) is 48.2 Å². The van der Waals surface area contributed by atoms with Gasteiger partial charge in [0.2, 0.25) is 0 Å². The van der Waals surface area contributed by atoms with Gasteiger partial charge in [0.15, 0.2) is 0 Å². The maximum Gasteiger partial charge on any atom is 0.335 e.